The summed E-state index contributed by atoms with van der Waals surface area (Å²) in [5.41, 5.74) is 2.24. The van der Waals surface area contributed by atoms with Crippen molar-refractivity contribution in [2.45, 2.75) is 39.2 Å². The number of hydrogen-bond acceptors (Lipinski definition) is 5. The van der Waals surface area contributed by atoms with E-state index in [9.17, 15) is 4.79 Å². The average Bonchev–Trinajstić information content (AvgIpc) is 2.70. The zero-order chi connectivity index (χ0) is 12.0. The maximum absolute atomic E-state index is 11.4. The first kappa shape index (κ1) is 12.9. The van der Waals surface area contributed by atoms with Crippen LogP contribution < -0.4 is 5.32 Å². The van der Waals surface area contributed by atoms with E-state index in [1.54, 1.807) is 0 Å². The van der Waals surface area contributed by atoms with E-state index in [2.05, 4.69) is 21.0 Å². The third-order valence-corrected chi connectivity index (χ3v) is 2.89. The third kappa shape index (κ3) is 4.57. The quantitative estimate of drug-likeness (QED) is 0.855. The number of nitrogens with one attached hydrogen (secondary N) is 1. The van der Waals surface area contributed by atoms with Crippen LogP contribution in [0.4, 0.5) is 4.79 Å². The van der Waals surface area contributed by atoms with Crippen molar-refractivity contribution in [2.24, 2.45) is 0 Å². The van der Waals surface area contributed by atoms with Gasteiger partial charge in [0.2, 0.25) is 0 Å². The second-order valence-electron chi connectivity index (χ2n) is 3.97. The van der Waals surface area contributed by atoms with Gasteiger partial charge in [-0.3, -0.25) is 0 Å². The van der Waals surface area contributed by atoms with Crippen molar-refractivity contribution in [3.05, 3.63) is 10.5 Å². The molecule has 6 heteroatoms. The van der Waals surface area contributed by atoms with Crippen molar-refractivity contribution < 1.29 is 9.53 Å². The number of ether oxygens (including phenoxy) is 1. The van der Waals surface area contributed by atoms with Gasteiger partial charge in [-0.25, -0.2) is 4.79 Å². The maximum Gasteiger partial charge on any atom is 0.407 e. The topological polar surface area (TPSA) is 64.1 Å². The molecular formula is C10H16N3O2S. The SMILES string of the molecule is CCC(C)(C)OC(=O)NCCc1nn[c]s1. The highest BCUT2D eigenvalue weighted by Gasteiger charge is 2.19. The van der Waals surface area contributed by atoms with E-state index in [1.807, 2.05) is 20.8 Å². The van der Waals surface area contributed by atoms with Gasteiger partial charge in [0.25, 0.3) is 0 Å². The molecule has 0 saturated carbocycles. The first-order valence-electron chi connectivity index (χ1n) is 5.19. The molecule has 0 aliphatic rings. The average molecular weight is 242 g/mol. The Morgan fingerprint density at radius 1 is 1.62 bits per heavy atom. The van der Waals surface area contributed by atoms with Gasteiger partial charge in [-0.05, 0) is 20.3 Å². The Morgan fingerprint density at radius 3 is 2.94 bits per heavy atom. The van der Waals surface area contributed by atoms with E-state index >= 15 is 0 Å². The van der Waals surface area contributed by atoms with Crippen molar-refractivity contribution >= 4 is 17.4 Å². The summed E-state index contributed by atoms with van der Waals surface area (Å²) in [6.45, 7) is 6.24. The third-order valence-electron chi connectivity index (χ3n) is 2.19. The first-order valence-corrected chi connectivity index (χ1v) is 6.00. The Bertz CT molecular complexity index is 325. The predicted octanol–water partition coefficient (Wildman–Crippen LogP) is 1.80. The van der Waals surface area contributed by atoms with Gasteiger partial charge in [-0.15, -0.1) is 10.2 Å². The summed E-state index contributed by atoms with van der Waals surface area (Å²) < 4.78 is 5.22. The van der Waals surface area contributed by atoms with Crippen LogP contribution in [0, 0.1) is 5.51 Å². The molecule has 16 heavy (non-hydrogen) atoms. The van der Waals surface area contributed by atoms with Crippen molar-refractivity contribution in [1.82, 2.24) is 15.5 Å². The Balaban J connectivity index is 2.20. The van der Waals surface area contributed by atoms with Crippen LogP contribution in [0.25, 0.3) is 0 Å². The summed E-state index contributed by atoms with van der Waals surface area (Å²) in [7, 11) is 0. The molecule has 0 atom stereocenters. The molecule has 0 aromatic carbocycles. The van der Waals surface area contributed by atoms with Gasteiger partial charge in [0, 0.05) is 13.0 Å². The standard InChI is InChI=1S/C10H16N3O2S/c1-4-10(2,3)15-9(14)11-6-5-8-13-12-7-16-8/h4-6H2,1-3H3,(H,11,14). The first-order chi connectivity index (χ1) is 7.53. The molecule has 0 fully saturated rings. The Hall–Kier alpha value is -1.17. The number of nitrogens with zero attached hydrogens (tertiary/aromatic N) is 2. The second kappa shape index (κ2) is 5.79. The van der Waals surface area contributed by atoms with E-state index in [1.165, 1.54) is 11.3 Å². The summed E-state index contributed by atoms with van der Waals surface area (Å²) >= 11 is 1.35. The van der Waals surface area contributed by atoms with Crippen molar-refractivity contribution in [3.8, 4) is 0 Å². The van der Waals surface area contributed by atoms with Gasteiger partial charge in [-0.1, -0.05) is 18.3 Å². The summed E-state index contributed by atoms with van der Waals surface area (Å²) in [5.74, 6) is 0. The van der Waals surface area contributed by atoms with Crippen LogP contribution in [0.15, 0.2) is 0 Å². The van der Waals surface area contributed by atoms with Crippen molar-refractivity contribution in [1.29, 1.82) is 0 Å². The number of carbonyl (C=O) groups is 1. The normalized spacial score (nSPS) is 11.2. The molecule has 89 valence electrons. The van der Waals surface area contributed by atoms with E-state index in [0.29, 0.717) is 13.0 Å². The highest BCUT2D eigenvalue weighted by atomic mass is 32.1. The van der Waals surface area contributed by atoms with Crippen LogP contribution >= 0.6 is 11.3 Å². The molecular weight excluding hydrogens is 226 g/mol. The molecule has 1 heterocycles. The van der Waals surface area contributed by atoms with Gasteiger partial charge in [-0.2, -0.15) is 0 Å². The fourth-order valence-corrected chi connectivity index (χ4v) is 1.37. The molecule has 1 N–H and O–H groups in total. The molecule has 1 rings (SSSR count). The lowest BCUT2D eigenvalue weighted by molar-refractivity contribution is 0.0364. The van der Waals surface area contributed by atoms with Crippen LogP contribution in [0.2, 0.25) is 0 Å². The van der Waals surface area contributed by atoms with Crippen molar-refractivity contribution in [3.63, 3.8) is 0 Å². The smallest absolute Gasteiger partial charge is 0.407 e. The number of amides is 1. The molecule has 0 aliphatic heterocycles. The number of aromatic nitrogens is 2. The number of alkyl carbamates (subject to hydrolysis) is 1. The summed E-state index contributed by atoms with van der Waals surface area (Å²) in [6.07, 6.45) is 1.05. The lowest BCUT2D eigenvalue weighted by Gasteiger charge is -2.23. The molecule has 5 nitrogen and oxygen atoms in total. The molecule has 0 saturated heterocycles. The van der Waals surface area contributed by atoms with Crippen LogP contribution in [-0.2, 0) is 11.2 Å². The van der Waals surface area contributed by atoms with Gasteiger partial charge in [0.05, 0.1) is 0 Å². The molecule has 0 spiro atoms. The maximum atomic E-state index is 11.4. The van der Waals surface area contributed by atoms with Crippen molar-refractivity contribution in [2.75, 3.05) is 6.54 Å². The molecule has 1 radical (unpaired) electrons. The minimum atomic E-state index is -0.416. The second-order valence-corrected chi connectivity index (χ2v) is 4.82. The highest BCUT2D eigenvalue weighted by Crippen LogP contribution is 2.13. The van der Waals surface area contributed by atoms with E-state index in [-0.39, 0.29) is 6.09 Å². The molecule has 0 bridgehead atoms. The fourth-order valence-electron chi connectivity index (χ4n) is 0.901. The molecule has 0 aliphatic carbocycles. The summed E-state index contributed by atoms with van der Waals surface area (Å²) in [5, 5.41) is 10.9. The van der Waals surface area contributed by atoms with Gasteiger partial charge < -0.3 is 10.1 Å². The van der Waals surface area contributed by atoms with Gasteiger partial charge in [0.1, 0.15) is 10.6 Å². The molecule has 1 amide bonds. The molecule has 1 aromatic heterocycles. The summed E-state index contributed by atoms with van der Waals surface area (Å²) in [6, 6.07) is 0. The van der Waals surface area contributed by atoms with Crippen LogP contribution in [0.3, 0.4) is 0 Å². The lowest BCUT2D eigenvalue weighted by atomic mass is 10.1. The Kier molecular flexibility index (Phi) is 4.67. The number of rotatable bonds is 5. The van der Waals surface area contributed by atoms with E-state index in [0.717, 1.165) is 11.4 Å². The van der Waals surface area contributed by atoms with Crippen LogP contribution in [-0.4, -0.2) is 28.4 Å². The monoisotopic (exact) mass is 242 g/mol. The zero-order valence-electron chi connectivity index (χ0n) is 9.74. The van der Waals surface area contributed by atoms with E-state index in [4.69, 9.17) is 4.74 Å². The fraction of sp³-hybridized carbons (Fsp3) is 0.700. The molecule has 1 aromatic rings. The Labute approximate surface area is 99.2 Å². The minimum Gasteiger partial charge on any atom is -0.444 e. The zero-order valence-corrected chi connectivity index (χ0v) is 10.6. The van der Waals surface area contributed by atoms with Crippen LogP contribution in [0.1, 0.15) is 32.2 Å². The van der Waals surface area contributed by atoms with E-state index < -0.39 is 5.60 Å². The lowest BCUT2D eigenvalue weighted by Crippen LogP contribution is -2.35. The van der Waals surface area contributed by atoms with Crippen LogP contribution in [0.5, 0.6) is 0 Å². The largest absolute Gasteiger partial charge is 0.444 e. The van der Waals surface area contributed by atoms with Gasteiger partial charge in [0.15, 0.2) is 5.51 Å². The summed E-state index contributed by atoms with van der Waals surface area (Å²) in [4.78, 5) is 11.4. The Morgan fingerprint density at radius 2 is 2.38 bits per heavy atom. The minimum absolute atomic E-state index is 0.389. The molecule has 0 unspecified atom stereocenters. The highest BCUT2D eigenvalue weighted by molar-refractivity contribution is 7.08. The predicted molar refractivity (Wildman–Crippen MR) is 61.3 cm³/mol. The number of hydrogen-bond donors (Lipinski definition) is 1. The van der Waals surface area contributed by atoms with Gasteiger partial charge >= 0.3 is 6.09 Å². The number of carbonyl (C=O) groups excluding carboxylic acids is 1.